The van der Waals surface area contributed by atoms with Crippen LogP contribution < -0.4 is 15.4 Å². The van der Waals surface area contributed by atoms with E-state index in [0.717, 1.165) is 43.4 Å². The van der Waals surface area contributed by atoms with Gasteiger partial charge in [0.1, 0.15) is 5.75 Å². The van der Waals surface area contributed by atoms with Crippen LogP contribution in [0.3, 0.4) is 0 Å². The molecular formula is C23H23N3O2. The molecule has 2 aromatic carbocycles. The molecule has 2 amide bonds. The Balaban J connectivity index is 1.65. The molecule has 142 valence electrons. The molecule has 2 aromatic rings. The van der Waals surface area contributed by atoms with E-state index in [1.54, 1.807) is 31.4 Å². The van der Waals surface area contributed by atoms with Gasteiger partial charge in [-0.25, -0.2) is 4.79 Å². The summed E-state index contributed by atoms with van der Waals surface area (Å²) in [5.41, 5.74) is 4.03. The van der Waals surface area contributed by atoms with Gasteiger partial charge in [0.25, 0.3) is 0 Å². The number of fused-ring (bicyclic) bond motifs is 1. The van der Waals surface area contributed by atoms with Crippen molar-refractivity contribution in [1.29, 1.82) is 5.26 Å². The van der Waals surface area contributed by atoms with Crippen molar-refractivity contribution < 1.29 is 9.53 Å². The number of hydrogen-bond acceptors (Lipinski definition) is 3. The molecule has 2 aliphatic carbocycles. The summed E-state index contributed by atoms with van der Waals surface area (Å²) < 4.78 is 5.15. The lowest BCUT2D eigenvalue weighted by Gasteiger charge is -2.36. The van der Waals surface area contributed by atoms with Crippen molar-refractivity contribution in [2.75, 3.05) is 12.4 Å². The first-order valence-electron chi connectivity index (χ1n) is 9.60. The highest BCUT2D eigenvalue weighted by atomic mass is 16.5. The Morgan fingerprint density at radius 1 is 1.07 bits per heavy atom. The molecule has 2 N–H and O–H groups in total. The van der Waals surface area contributed by atoms with Gasteiger partial charge in [0, 0.05) is 16.7 Å². The van der Waals surface area contributed by atoms with Crippen LogP contribution in [0.25, 0.3) is 5.70 Å². The number of anilines is 1. The molecule has 1 saturated carbocycles. The van der Waals surface area contributed by atoms with Crippen LogP contribution in [0.5, 0.6) is 5.75 Å². The molecule has 0 atom stereocenters. The van der Waals surface area contributed by atoms with Crippen molar-refractivity contribution in [2.24, 2.45) is 5.41 Å². The van der Waals surface area contributed by atoms with E-state index in [-0.39, 0.29) is 11.4 Å². The van der Waals surface area contributed by atoms with Crippen molar-refractivity contribution in [1.82, 2.24) is 5.32 Å². The number of ether oxygens (including phenoxy) is 1. The first-order valence-corrected chi connectivity index (χ1v) is 9.60. The number of carbonyl (C=O) groups excluding carboxylic acids is 1. The molecule has 1 spiro atoms. The molecule has 1 fully saturated rings. The minimum atomic E-state index is -0.349. The fourth-order valence-corrected chi connectivity index (χ4v) is 4.50. The van der Waals surface area contributed by atoms with Gasteiger partial charge < -0.3 is 15.4 Å². The number of carbonyl (C=O) groups is 1. The molecular weight excluding hydrogens is 350 g/mol. The number of amides is 2. The second kappa shape index (κ2) is 7.40. The standard InChI is InChI=1S/C23H23N3O2/c1-28-18-10-8-17(9-11-18)25-22(27)26-21-19-7-3-2-6-16(19)14-23(20(21)15-24)12-4-5-13-23/h2-3,6-11H,4-5,12-14H2,1H3,(H2,25,26,27). The maximum absolute atomic E-state index is 12.7. The predicted octanol–water partition coefficient (Wildman–Crippen LogP) is 4.87. The lowest BCUT2D eigenvalue weighted by atomic mass is 9.68. The van der Waals surface area contributed by atoms with E-state index in [0.29, 0.717) is 17.0 Å². The van der Waals surface area contributed by atoms with Gasteiger partial charge in [-0.05, 0) is 49.1 Å². The number of hydrogen-bond donors (Lipinski definition) is 2. The maximum atomic E-state index is 12.7. The summed E-state index contributed by atoms with van der Waals surface area (Å²) in [6.45, 7) is 0. The number of urea groups is 1. The summed E-state index contributed by atoms with van der Waals surface area (Å²) in [6.07, 6.45) is 5.11. The number of methoxy groups -OCH3 is 1. The smallest absolute Gasteiger partial charge is 0.323 e. The van der Waals surface area contributed by atoms with Crippen molar-refractivity contribution in [2.45, 2.75) is 32.1 Å². The molecule has 0 unspecified atom stereocenters. The SMILES string of the molecule is COc1ccc(NC(=O)NC2=C(C#N)C3(CCCC3)Cc3ccccc32)cc1. The number of nitrogens with zero attached hydrogens (tertiary/aromatic N) is 1. The fraction of sp³-hybridized carbons (Fsp3) is 0.304. The van der Waals surface area contributed by atoms with E-state index >= 15 is 0 Å². The van der Waals surface area contributed by atoms with Crippen molar-refractivity contribution in [3.63, 3.8) is 0 Å². The van der Waals surface area contributed by atoms with Crippen molar-refractivity contribution >= 4 is 17.4 Å². The van der Waals surface area contributed by atoms with Gasteiger partial charge in [0.15, 0.2) is 0 Å². The third-order valence-corrected chi connectivity index (χ3v) is 5.85. The first kappa shape index (κ1) is 18.1. The minimum Gasteiger partial charge on any atom is -0.497 e. The van der Waals surface area contributed by atoms with E-state index in [9.17, 15) is 10.1 Å². The number of rotatable bonds is 3. The molecule has 5 nitrogen and oxygen atoms in total. The monoisotopic (exact) mass is 373 g/mol. The lowest BCUT2D eigenvalue weighted by molar-refractivity contribution is 0.255. The maximum Gasteiger partial charge on any atom is 0.323 e. The Hall–Kier alpha value is -3.26. The molecule has 0 saturated heterocycles. The second-order valence-electron chi connectivity index (χ2n) is 7.49. The molecule has 0 aromatic heterocycles. The highest BCUT2D eigenvalue weighted by Gasteiger charge is 2.43. The Kier molecular flexibility index (Phi) is 4.79. The minimum absolute atomic E-state index is 0.147. The highest BCUT2D eigenvalue weighted by Crippen LogP contribution is 2.51. The Bertz CT molecular complexity index is 964. The molecule has 2 aliphatic rings. The molecule has 28 heavy (non-hydrogen) atoms. The third-order valence-electron chi connectivity index (χ3n) is 5.85. The summed E-state index contributed by atoms with van der Waals surface area (Å²) >= 11 is 0. The number of nitrogens with one attached hydrogen (secondary N) is 2. The molecule has 0 radical (unpaired) electrons. The molecule has 0 heterocycles. The summed E-state index contributed by atoms with van der Waals surface area (Å²) in [7, 11) is 1.60. The largest absolute Gasteiger partial charge is 0.497 e. The van der Waals surface area contributed by atoms with Crippen LogP contribution in [-0.2, 0) is 6.42 Å². The van der Waals surface area contributed by atoms with E-state index in [4.69, 9.17) is 4.74 Å². The Morgan fingerprint density at radius 3 is 2.46 bits per heavy atom. The lowest BCUT2D eigenvalue weighted by Crippen LogP contribution is -2.35. The zero-order valence-corrected chi connectivity index (χ0v) is 15.9. The quantitative estimate of drug-likeness (QED) is 0.806. The van der Waals surface area contributed by atoms with Crippen LogP contribution in [0.15, 0.2) is 54.1 Å². The van der Waals surface area contributed by atoms with Gasteiger partial charge in [-0.1, -0.05) is 37.1 Å². The second-order valence-corrected chi connectivity index (χ2v) is 7.49. The number of benzene rings is 2. The summed E-state index contributed by atoms with van der Waals surface area (Å²) in [5.74, 6) is 0.727. The van der Waals surface area contributed by atoms with Crippen LogP contribution in [0.4, 0.5) is 10.5 Å². The molecule has 0 aliphatic heterocycles. The van der Waals surface area contributed by atoms with Crippen LogP contribution in [0.2, 0.25) is 0 Å². The highest BCUT2D eigenvalue weighted by molar-refractivity contribution is 5.97. The normalized spacial score (nSPS) is 17.0. The van der Waals surface area contributed by atoms with Gasteiger partial charge >= 0.3 is 6.03 Å². The van der Waals surface area contributed by atoms with E-state index in [1.807, 2.05) is 18.2 Å². The van der Waals surface area contributed by atoms with E-state index in [1.165, 1.54) is 5.56 Å². The van der Waals surface area contributed by atoms with Crippen LogP contribution >= 0.6 is 0 Å². The zero-order chi connectivity index (χ0) is 19.6. The van der Waals surface area contributed by atoms with Gasteiger partial charge in [-0.3, -0.25) is 0 Å². The van der Waals surface area contributed by atoms with Gasteiger partial charge in [-0.15, -0.1) is 0 Å². The topological polar surface area (TPSA) is 74.2 Å². The fourth-order valence-electron chi connectivity index (χ4n) is 4.50. The first-order chi connectivity index (χ1) is 13.6. The van der Waals surface area contributed by atoms with E-state index < -0.39 is 0 Å². The van der Waals surface area contributed by atoms with Crippen molar-refractivity contribution in [3.05, 3.63) is 65.2 Å². The summed E-state index contributed by atoms with van der Waals surface area (Å²) in [6, 6.07) is 17.3. The van der Waals surface area contributed by atoms with Gasteiger partial charge in [0.2, 0.25) is 0 Å². The van der Waals surface area contributed by atoms with Crippen LogP contribution in [-0.4, -0.2) is 13.1 Å². The molecule has 0 bridgehead atoms. The number of nitriles is 1. The van der Waals surface area contributed by atoms with Crippen LogP contribution in [0, 0.1) is 16.7 Å². The Labute approximate surface area is 165 Å². The third kappa shape index (κ3) is 3.22. The van der Waals surface area contributed by atoms with E-state index in [2.05, 4.69) is 22.8 Å². The molecule has 5 heteroatoms. The predicted molar refractivity (Wildman–Crippen MR) is 109 cm³/mol. The van der Waals surface area contributed by atoms with Crippen LogP contribution in [0.1, 0.15) is 36.8 Å². The van der Waals surface area contributed by atoms with Gasteiger partial charge in [-0.2, -0.15) is 5.26 Å². The van der Waals surface area contributed by atoms with Crippen molar-refractivity contribution in [3.8, 4) is 11.8 Å². The molecule has 4 rings (SSSR count). The summed E-state index contributed by atoms with van der Waals surface area (Å²) in [5, 5.41) is 15.8. The zero-order valence-electron chi connectivity index (χ0n) is 15.9. The average Bonchev–Trinajstić information content (AvgIpc) is 3.17. The Morgan fingerprint density at radius 2 is 1.79 bits per heavy atom. The number of allylic oxidation sites excluding steroid dienone is 1. The van der Waals surface area contributed by atoms with Gasteiger partial charge in [0.05, 0.1) is 24.4 Å². The summed E-state index contributed by atoms with van der Waals surface area (Å²) in [4.78, 5) is 12.7. The average molecular weight is 373 g/mol.